The van der Waals surface area contributed by atoms with Gasteiger partial charge in [-0.25, -0.2) is 4.79 Å². The fraction of sp³-hybridized carbons (Fsp3) is 0.214. The lowest BCUT2D eigenvalue weighted by molar-refractivity contribution is 0.104. The highest BCUT2D eigenvalue weighted by molar-refractivity contribution is 7.98. The van der Waals surface area contributed by atoms with Crippen LogP contribution in [-0.2, 0) is 4.74 Å². The summed E-state index contributed by atoms with van der Waals surface area (Å²) in [4.78, 5) is 12.1. The summed E-state index contributed by atoms with van der Waals surface area (Å²) < 4.78 is 9.95. The number of phenolic OH excluding ortho intramolecular Hbond substituents is 1. The molecule has 0 radical (unpaired) electrons. The molecule has 5 heteroatoms. The SMILES string of the molecule is CCOC(=O)Oc1cc(SC)c(O)c2ccccc12. The van der Waals surface area contributed by atoms with Crippen LogP contribution in [0.3, 0.4) is 0 Å². The molecule has 0 heterocycles. The number of fused-ring (bicyclic) bond motifs is 1. The molecule has 0 fully saturated rings. The van der Waals surface area contributed by atoms with Gasteiger partial charge < -0.3 is 14.6 Å². The zero-order chi connectivity index (χ0) is 13.8. The zero-order valence-electron chi connectivity index (χ0n) is 10.7. The van der Waals surface area contributed by atoms with Crippen molar-refractivity contribution in [2.24, 2.45) is 0 Å². The third-order valence-electron chi connectivity index (χ3n) is 2.62. The van der Waals surface area contributed by atoms with Crippen LogP contribution in [0.2, 0.25) is 0 Å². The molecule has 0 aliphatic carbocycles. The maximum atomic E-state index is 11.4. The smallest absolute Gasteiger partial charge is 0.506 e. The van der Waals surface area contributed by atoms with Crippen LogP contribution in [0.25, 0.3) is 10.8 Å². The molecule has 0 aliphatic rings. The predicted molar refractivity (Wildman–Crippen MR) is 75.0 cm³/mol. The van der Waals surface area contributed by atoms with E-state index >= 15 is 0 Å². The normalized spacial score (nSPS) is 10.4. The molecule has 0 saturated heterocycles. The Kier molecular flexibility index (Phi) is 4.16. The monoisotopic (exact) mass is 278 g/mol. The van der Waals surface area contributed by atoms with Gasteiger partial charge in [-0.1, -0.05) is 24.3 Å². The molecule has 0 saturated carbocycles. The standard InChI is InChI=1S/C14H14O4S/c1-3-17-14(16)18-11-8-12(19-2)13(15)10-7-5-4-6-9(10)11/h4-8,15H,3H2,1-2H3. The van der Waals surface area contributed by atoms with Crippen molar-refractivity contribution < 1.29 is 19.4 Å². The summed E-state index contributed by atoms with van der Waals surface area (Å²) in [5.74, 6) is 0.579. The Labute approximate surface area is 115 Å². The Bertz CT molecular complexity index is 610. The molecule has 0 atom stereocenters. The second-order valence-corrected chi connectivity index (χ2v) is 4.60. The summed E-state index contributed by atoms with van der Waals surface area (Å²) in [5.41, 5.74) is 0. The van der Waals surface area contributed by atoms with E-state index in [2.05, 4.69) is 0 Å². The summed E-state index contributed by atoms with van der Waals surface area (Å²) in [6, 6.07) is 8.84. The Morgan fingerprint density at radius 1 is 1.32 bits per heavy atom. The lowest BCUT2D eigenvalue weighted by Gasteiger charge is -2.11. The van der Waals surface area contributed by atoms with E-state index in [-0.39, 0.29) is 12.4 Å². The molecular weight excluding hydrogens is 264 g/mol. The average Bonchev–Trinajstić information content (AvgIpc) is 2.42. The summed E-state index contributed by atoms with van der Waals surface area (Å²) >= 11 is 1.38. The minimum absolute atomic E-state index is 0.194. The Balaban J connectivity index is 2.53. The molecule has 2 aromatic carbocycles. The van der Waals surface area contributed by atoms with E-state index in [9.17, 15) is 9.90 Å². The van der Waals surface area contributed by atoms with Crippen LogP contribution in [0.15, 0.2) is 35.2 Å². The largest absolute Gasteiger partial charge is 0.513 e. The van der Waals surface area contributed by atoms with Crippen LogP contribution in [-0.4, -0.2) is 24.1 Å². The van der Waals surface area contributed by atoms with Crippen molar-refractivity contribution in [1.29, 1.82) is 0 Å². The number of carbonyl (C=O) groups is 1. The first kappa shape index (κ1) is 13.5. The second-order valence-electron chi connectivity index (χ2n) is 3.76. The van der Waals surface area contributed by atoms with Crippen LogP contribution in [0, 0.1) is 0 Å². The van der Waals surface area contributed by atoms with Crippen LogP contribution < -0.4 is 4.74 Å². The first-order valence-corrected chi connectivity index (χ1v) is 7.03. The molecule has 0 unspecified atom stereocenters. The molecule has 4 nitrogen and oxygen atoms in total. The predicted octanol–water partition coefficient (Wildman–Crippen LogP) is 3.80. The lowest BCUT2D eigenvalue weighted by Crippen LogP contribution is -2.10. The van der Waals surface area contributed by atoms with E-state index in [1.165, 1.54) is 11.8 Å². The van der Waals surface area contributed by atoms with E-state index in [0.717, 1.165) is 0 Å². The van der Waals surface area contributed by atoms with Gasteiger partial charge in [0.1, 0.15) is 11.5 Å². The Hall–Kier alpha value is -1.88. The first-order valence-electron chi connectivity index (χ1n) is 5.80. The molecule has 100 valence electrons. The molecule has 0 aliphatic heterocycles. The lowest BCUT2D eigenvalue weighted by atomic mass is 10.1. The molecule has 0 amide bonds. The summed E-state index contributed by atoms with van der Waals surface area (Å²) in [6.45, 7) is 1.97. The maximum absolute atomic E-state index is 11.4. The molecule has 1 N–H and O–H groups in total. The number of benzene rings is 2. The number of hydrogen-bond donors (Lipinski definition) is 1. The van der Waals surface area contributed by atoms with Gasteiger partial charge in [-0.3, -0.25) is 0 Å². The molecule has 2 rings (SSSR count). The van der Waals surface area contributed by atoms with Crippen molar-refractivity contribution in [2.75, 3.05) is 12.9 Å². The van der Waals surface area contributed by atoms with E-state index in [1.54, 1.807) is 25.1 Å². The highest BCUT2D eigenvalue weighted by atomic mass is 32.2. The van der Waals surface area contributed by atoms with Crippen molar-refractivity contribution in [3.8, 4) is 11.5 Å². The fourth-order valence-corrected chi connectivity index (χ4v) is 2.31. The van der Waals surface area contributed by atoms with E-state index in [4.69, 9.17) is 9.47 Å². The third-order valence-corrected chi connectivity index (χ3v) is 3.37. The van der Waals surface area contributed by atoms with Gasteiger partial charge in [-0.05, 0) is 19.2 Å². The minimum atomic E-state index is -0.745. The molecule has 0 spiro atoms. The molecule has 0 aromatic heterocycles. The van der Waals surface area contributed by atoms with Crippen LogP contribution in [0.1, 0.15) is 6.92 Å². The first-order chi connectivity index (χ1) is 9.17. The van der Waals surface area contributed by atoms with Crippen molar-refractivity contribution >= 4 is 28.7 Å². The van der Waals surface area contributed by atoms with E-state index in [1.807, 2.05) is 18.4 Å². The summed E-state index contributed by atoms with van der Waals surface area (Å²) in [6.07, 6.45) is 1.10. The average molecular weight is 278 g/mol. The number of rotatable bonds is 3. The van der Waals surface area contributed by atoms with Crippen molar-refractivity contribution in [2.45, 2.75) is 11.8 Å². The molecular formula is C14H14O4S. The molecule has 0 bridgehead atoms. The second kappa shape index (κ2) is 5.84. The van der Waals surface area contributed by atoms with Gasteiger partial charge in [-0.15, -0.1) is 11.8 Å². The van der Waals surface area contributed by atoms with E-state index < -0.39 is 6.16 Å². The van der Waals surface area contributed by atoms with Gasteiger partial charge in [0.15, 0.2) is 0 Å². The summed E-state index contributed by atoms with van der Waals surface area (Å²) in [7, 11) is 0. The number of phenols is 1. The van der Waals surface area contributed by atoms with Crippen LogP contribution in [0.4, 0.5) is 4.79 Å². The van der Waals surface area contributed by atoms with Gasteiger partial charge in [0, 0.05) is 10.8 Å². The zero-order valence-corrected chi connectivity index (χ0v) is 11.5. The van der Waals surface area contributed by atoms with Gasteiger partial charge in [-0.2, -0.15) is 0 Å². The third kappa shape index (κ3) is 2.76. The number of ether oxygens (including phenoxy) is 2. The summed E-state index contributed by atoms with van der Waals surface area (Å²) in [5, 5.41) is 11.4. The van der Waals surface area contributed by atoms with E-state index in [0.29, 0.717) is 21.4 Å². The number of aromatic hydroxyl groups is 1. The quantitative estimate of drug-likeness (QED) is 0.525. The topological polar surface area (TPSA) is 55.8 Å². The number of hydrogen-bond acceptors (Lipinski definition) is 5. The Morgan fingerprint density at radius 3 is 2.63 bits per heavy atom. The molecule has 19 heavy (non-hydrogen) atoms. The highest BCUT2D eigenvalue weighted by Crippen LogP contribution is 2.40. The molecule has 2 aromatic rings. The van der Waals surface area contributed by atoms with Crippen LogP contribution in [0.5, 0.6) is 11.5 Å². The van der Waals surface area contributed by atoms with Gasteiger partial charge in [0.25, 0.3) is 0 Å². The highest BCUT2D eigenvalue weighted by Gasteiger charge is 2.14. The van der Waals surface area contributed by atoms with Gasteiger partial charge in [0.2, 0.25) is 0 Å². The van der Waals surface area contributed by atoms with Crippen LogP contribution >= 0.6 is 11.8 Å². The fourth-order valence-electron chi connectivity index (χ4n) is 1.78. The van der Waals surface area contributed by atoms with Gasteiger partial charge in [0.05, 0.1) is 11.5 Å². The van der Waals surface area contributed by atoms with Crippen molar-refractivity contribution in [3.05, 3.63) is 30.3 Å². The number of carbonyl (C=O) groups excluding carboxylic acids is 1. The van der Waals surface area contributed by atoms with Crippen molar-refractivity contribution in [3.63, 3.8) is 0 Å². The van der Waals surface area contributed by atoms with Crippen molar-refractivity contribution in [1.82, 2.24) is 0 Å². The minimum Gasteiger partial charge on any atom is -0.506 e. The number of thioether (sulfide) groups is 1. The maximum Gasteiger partial charge on any atom is 0.513 e. The van der Waals surface area contributed by atoms with Gasteiger partial charge >= 0.3 is 6.16 Å². The Morgan fingerprint density at radius 2 is 2.00 bits per heavy atom.